The molecule has 0 bridgehead atoms. The van der Waals surface area contributed by atoms with Gasteiger partial charge in [-0.2, -0.15) is 0 Å². The molecule has 0 spiro atoms. The summed E-state index contributed by atoms with van der Waals surface area (Å²) in [5.41, 5.74) is 3.01. The zero-order valence-electron chi connectivity index (χ0n) is 9.20. The number of H-pyrrole nitrogens is 1. The van der Waals surface area contributed by atoms with Crippen molar-refractivity contribution in [2.24, 2.45) is 0 Å². The van der Waals surface area contributed by atoms with Crippen LogP contribution in [0.4, 0.5) is 0 Å². The number of aromatic nitrogens is 2. The lowest BCUT2D eigenvalue weighted by atomic mass is 10.1. The molecule has 1 aliphatic rings. The van der Waals surface area contributed by atoms with Crippen molar-refractivity contribution in [3.8, 4) is 17.0 Å². The number of nitrogens with zero attached hydrogens (tertiary/aromatic N) is 1. The topological polar surface area (TPSA) is 48.9 Å². The van der Waals surface area contributed by atoms with Gasteiger partial charge >= 0.3 is 0 Å². The molecule has 1 aliphatic carbocycles. The molecule has 0 saturated heterocycles. The van der Waals surface area contributed by atoms with E-state index < -0.39 is 0 Å². The van der Waals surface area contributed by atoms with Crippen LogP contribution in [0.25, 0.3) is 11.3 Å². The minimum absolute atomic E-state index is 0.285. The van der Waals surface area contributed by atoms with Gasteiger partial charge in [0, 0.05) is 17.2 Å². The number of rotatable bonds is 2. The second-order valence-corrected chi connectivity index (χ2v) is 4.42. The number of hydrogen-bond acceptors (Lipinski definition) is 2. The summed E-state index contributed by atoms with van der Waals surface area (Å²) < 4.78 is 0. The summed E-state index contributed by atoms with van der Waals surface area (Å²) >= 11 is 0. The third-order valence-electron chi connectivity index (χ3n) is 2.99. The first-order chi connectivity index (χ1) is 7.74. The number of nitrogens with one attached hydrogen (secondary N) is 1. The maximum atomic E-state index is 9.46. The van der Waals surface area contributed by atoms with Crippen LogP contribution in [0, 0.1) is 6.92 Å². The standard InChI is InChI=1S/C13H14N2O/c1-8-12(10-3-2-4-11(16)7-10)15-13(14-8)9-5-6-9/h2-4,7,9,16H,5-6H2,1H3,(H,14,15). The van der Waals surface area contributed by atoms with Crippen molar-refractivity contribution < 1.29 is 5.11 Å². The summed E-state index contributed by atoms with van der Waals surface area (Å²) in [4.78, 5) is 7.95. The van der Waals surface area contributed by atoms with Crippen LogP contribution in [0.15, 0.2) is 24.3 Å². The van der Waals surface area contributed by atoms with E-state index in [4.69, 9.17) is 0 Å². The van der Waals surface area contributed by atoms with E-state index in [0.717, 1.165) is 22.8 Å². The Hall–Kier alpha value is -1.77. The summed E-state index contributed by atoms with van der Waals surface area (Å²) in [7, 11) is 0. The lowest BCUT2D eigenvalue weighted by Crippen LogP contribution is -1.82. The fourth-order valence-electron chi connectivity index (χ4n) is 1.97. The number of benzene rings is 1. The minimum Gasteiger partial charge on any atom is -0.508 e. The summed E-state index contributed by atoms with van der Waals surface area (Å²) in [6.45, 7) is 2.03. The monoisotopic (exact) mass is 214 g/mol. The van der Waals surface area contributed by atoms with Crippen LogP contribution in [0.5, 0.6) is 5.75 Å². The highest BCUT2D eigenvalue weighted by molar-refractivity contribution is 5.63. The molecule has 0 atom stereocenters. The third kappa shape index (κ3) is 1.58. The first kappa shape index (κ1) is 9.46. The SMILES string of the molecule is Cc1[nH]c(C2CC2)nc1-c1cccc(O)c1. The van der Waals surface area contributed by atoms with Crippen LogP contribution in [0.1, 0.15) is 30.3 Å². The van der Waals surface area contributed by atoms with E-state index in [2.05, 4.69) is 9.97 Å². The number of aryl methyl sites for hydroxylation is 1. The molecule has 0 amide bonds. The van der Waals surface area contributed by atoms with Gasteiger partial charge in [0.15, 0.2) is 0 Å². The lowest BCUT2D eigenvalue weighted by Gasteiger charge is -1.98. The van der Waals surface area contributed by atoms with Crippen molar-refractivity contribution >= 4 is 0 Å². The van der Waals surface area contributed by atoms with Crippen molar-refractivity contribution in [2.45, 2.75) is 25.7 Å². The normalized spacial score (nSPS) is 15.3. The number of phenols is 1. The Kier molecular flexibility index (Phi) is 1.99. The molecule has 0 unspecified atom stereocenters. The van der Waals surface area contributed by atoms with Gasteiger partial charge in [0.1, 0.15) is 11.6 Å². The predicted molar refractivity (Wildman–Crippen MR) is 62.4 cm³/mol. The van der Waals surface area contributed by atoms with Gasteiger partial charge in [-0.1, -0.05) is 12.1 Å². The van der Waals surface area contributed by atoms with Crippen molar-refractivity contribution in [2.75, 3.05) is 0 Å². The maximum absolute atomic E-state index is 9.46. The summed E-state index contributed by atoms with van der Waals surface area (Å²) in [6.07, 6.45) is 2.48. The number of aromatic hydroxyl groups is 1. The van der Waals surface area contributed by atoms with Crippen LogP contribution in [-0.4, -0.2) is 15.1 Å². The lowest BCUT2D eigenvalue weighted by molar-refractivity contribution is 0.475. The Bertz CT molecular complexity index is 526. The molecule has 3 rings (SSSR count). The molecule has 1 heterocycles. The van der Waals surface area contributed by atoms with Crippen LogP contribution in [0.3, 0.4) is 0 Å². The number of imidazole rings is 1. The largest absolute Gasteiger partial charge is 0.508 e. The average Bonchev–Trinajstić information content (AvgIpc) is 3.02. The summed E-state index contributed by atoms with van der Waals surface area (Å²) in [5, 5.41) is 9.46. The second-order valence-electron chi connectivity index (χ2n) is 4.42. The van der Waals surface area contributed by atoms with Crippen molar-refractivity contribution in [3.05, 3.63) is 35.8 Å². The molecule has 1 aromatic heterocycles. The molecule has 1 aromatic carbocycles. The van der Waals surface area contributed by atoms with Gasteiger partial charge in [-0.3, -0.25) is 0 Å². The average molecular weight is 214 g/mol. The van der Waals surface area contributed by atoms with Crippen molar-refractivity contribution in [3.63, 3.8) is 0 Å². The van der Waals surface area contributed by atoms with Gasteiger partial charge in [0.25, 0.3) is 0 Å². The van der Waals surface area contributed by atoms with Gasteiger partial charge in [-0.05, 0) is 31.9 Å². The molecule has 2 N–H and O–H groups in total. The molecule has 3 heteroatoms. The van der Waals surface area contributed by atoms with Gasteiger partial charge in [0.05, 0.1) is 5.69 Å². The Morgan fingerprint density at radius 1 is 1.38 bits per heavy atom. The van der Waals surface area contributed by atoms with Crippen molar-refractivity contribution in [1.82, 2.24) is 9.97 Å². The fraction of sp³-hybridized carbons (Fsp3) is 0.308. The first-order valence-electron chi connectivity index (χ1n) is 5.60. The number of hydrogen-bond donors (Lipinski definition) is 2. The zero-order valence-corrected chi connectivity index (χ0v) is 9.20. The van der Waals surface area contributed by atoms with E-state index in [1.807, 2.05) is 19.1 Å². The fourth-order valence-corrected chi connectivity index (χ4v) is 1.97. The molecule has 16 heavy (non-hydrogen) atoms. The Balaban J connectivity index is 2.04. The second kappa shape index (κ2) is 3.37. The first-order valence-corrected chi connectivity index (χ1v) is 5.60. The summed E-state index contributed by atoms with van der Waals surface area (Å²) in [5.74, 6) is 2.01. The highest BCUT2D eigenvalue weighted by Gasteiger charge is 2.27. The molecule has 3 nitrogen and oxygen atoms in total. The van der Waals surface area contributed by atoms with Gasteiger partial charge < -0.3 is 10.1 Å². The van der Waals surface area contributed by atoms with Crippen LogP contribution in [-0.2, 0) is 0 Å². The van der Waals surface area contributed by atoms with Gasteiger partial charge in [-0.15, -0.1) is 0 Å². The summed E-state index contributed by atoms with van der Waals surface area (Å²) in [6, 6.07) is 7.24. The molecule has 82 valence electrons. The van der Waals surface area contributed by atoms with Crippen LogP contribution >= 0.6 is 0 Å². The van der Waals surface area contributed by atoms with E-state index in [9.17, 15) is 5.11 Å². The molecule has 0 radical (unpaired) electrons. The highest BCUT2D eigenvalue weighted by atomic mass is 16.3. The maximum Gasteiger partial charge on any atom is 0.116 e. The molecule has 0 aliphatic heterocycles. The zero-order chi connectivity index (χ0) is 11.1. The Labute approximate surface area is 94.2 Å². The predicted octanol–water partition coefficient (Wildman–Crippen LogP) is 2.97. The van der Waals surface area contributed by atoms with E-state index in [0.29, 0.717) is 5.92 Å². The van der Waals surface area contributed by atoms with E-state index in [1.165, 1.54) is 12.8 Å². The quantitative estimate of drug-likeness (QED) is 0.807. The van der Waals surface area contributed by atoms with E-state index in [1.54, 1.807) is 12.1 Å². The van der Waals surface area contributed by atoms with Crippen molar-refractivity contribution in [1.29, 1.82) is 0 Å². The number of aromatic amines is 1. The van der Waals surface area contributed by atoms with E-state index >= 15 is 0 Å². The van der Waals surface area contributed by atoms with Gasteiger partial charge in [0.2, 0.25) is 0 Å². The van der Waals surface area contributed by atoms with Gasteiger partial charge in [-0.25, -0.2) is 4.98 Å². The molecule has 2 aromatic rings. The van der Waals surface area contributed by atoms with E-state index in [-0.39, 0.29) is 5.75 Å². The third-order valence-corrected chi connectivity index (χ3v) is 2.99. The Morgan fingerprint density at radius 2 is 2.19 bits per heavy atom. The minimum atomic E-state index is 0.285. The number of phenolic OH excluding ortho intramolecular Hbond substituents is 1. The Morgan fingerprint density at radius 3 is 2.88 bits per heavy atom. The molecular formula is C13H14N2O. The highest BCUT2D eigenvalue weighted by Crippen LogP contribution is 2.39. The molecule has 1 saturated carbocycles. The smallest absolute Gasteiger partial charge is 0.116 e. The molecular weight excluding hydrogens is 200 g/mol. The molecule has 1 fully saturated rings. The van der Waals surface area contributed by atoms with Crippen LogP contribution < -0.4 is 0 Å². The van der Waals surface area contributed by atoms with Crippen LogP contribution in [0.2, 0.25) is 0 Å².